The third kappa shape index (κ3) is 5.29. The molecule has 0 aliphatic rings. The lowest BCUT2D eigenvalue weighted by atomic mass is 10.0. The second kappa shape index (κ2) is 8.20. The molecule has 0 aliphatic carbocycles. The second-order valence-corrected chi connectivity index (χ2v) is 4.05. The van der Waals surface area contributed by atoms with Crippen LogP contribution in [0, 0.1) is 5.82 Å². The van der Waals surface area contributed by atoms with E-state index >= 15 is 0 Å². The van der Waals surface area contributed by atoms with Crippen molar-refractivity contribution in [2.24, 2.45) is 0 Å². The lowest BCUT2D eigenvalue weighted by Crippen LogP contribution is -2.23. The molecule has 0 heterocycles. The molecule has 0 fully saturated rings. The van der Waals surface area contributed by atoms with E-state index in [2.05, 4.69) is 12.2 Å². The predicted octanol–water partition coefficient (Wildman–Crippen LogP) is 3.29. The summed E-state index contributed by atoms with van der Waals surface area (Å²) in [5, 5.41) is 3.43. The Morgan fingerprint density at radius 3 is 2.82 bits per heavy atom. The molecule has 96 valence electrons. The van der Waals surface area contributed by atoms with E-state index in [4.69, 9.17) is 4.74 Å². The summed E-state index contributed by atoms with van der Waals surface area (Å²) >= 11 is 0. The zero-order valence-corrected chi connectivity index (χ0v) is 10.7. The first kappa shape index (κ1) is 14.1. The summed E-state index contributed by atoms with van der Waals surface area (Å²) in [6, 6.07) is 6.97. The molecular formula is C14H22FNO. The van der Waals surface area contributed by atoms with Crippen LogP contribution in [0.5, 0.6) is 0 Å². The molecule has 1 rings (SSSR count). The number of benzene rings is 1. The SMILES string of the molecule is CCCNC(CCOCC)c1cccc(F)c1. The van der Waals surface area contributed by atoms with E-state index in [1.54, 1.807) is 12.1 Å². The smallest absolute Gasteiger partial charge is 0.123 e. The molecule has 17 heavy (non-hydrogen) atoms. The molecule has 0 saturated carbocycles. The molecule has 1 atom stereocenters. The highest BCUT2D eigenvalue weighted by atomic mass is 19.1. The first-order chi connectivity index (χ1) is 8.27. The van der Waals surface area contributed by atoms with Gasteiger partial charge in [-0.2, -0.15) is 0 Å². The number of hydrogen-bond acceptors (Lipinski definition) is 2. The number of rotatable bonds is 8. The number of nitrogens with one attached hydrogen (secondary N) is 1. The van der Waals surface area contributed by atoms with Gasteiger partial charge >= 0.3 is 0 Å². The van der Waals surface area contributed by atoms with E-state index in [0.29, 0.717) is 6.61 Å². The van der Waals surface area contributed by atoms with Gasteiger partial charge in [0.25, 0.3) is 0 Å². The van der Waals surface area contributed by atoms with Gasteiger partial charge in [-0.1, -0.05) is 19.1 Å². The van der Waals surface area contributed by atoms with Crippen LogP contribution in [0.25, 0.3) is 0 Å². The maximum absolute atomic E-state index is 13.2. The molecule has 0 saturated heterocycles. The van der Waals surface area contributed by atoms with Crippen molar-refractivity contribution in [3.8, 4) is 0 Å². The van der Waals surface area contributed by atoms with Crippen LogP contribution in [0.2, 0.25) is 0 Å². The average molecular weight is 239 g/mol. The molecule has 1 N–H and O–H groups in total. The van der Waals surface area contributed by atoms with Crippen molar-refractivity contribution in [2.75, 3.05) is 19.8 Å². The van der Waals surface area contributed by atoms with Crippen LogP contribution in [-0.2, 0) is 4.74 Å². The number of ether oxygens (including phenoxy) is 1. The van der Waals surface area contributed by atoms with Gasteiger partial charge in [0.2, 0.25) is 0 Å². The maximum Gasteiger partial charge on any atom is 0.123 e. The highest BCUT2D eigenvalue weighted by Crippen LogP contribution is 2.17. The van der Waals surface area contributed by atoms with Crippen LogP contribution in [0.3, 0.4) is 0 Å². The zero-order valence-electron chi connectivity index (χ0n) is 10.7. The molecule has 0 aliphatic heterocycles. The van der Waals surface area contributed by atoms with E-state index in [0.717, 1.165) is 31.6 Å². The third-order valence-electron chi connectivity index (χ3n) is 2.65. The van der Waals surface area contributed by atoms with Gasteiger partial charge in [0.05, 0.1) is 0 Å². The minimum Gasteiger partial charge on any atom is -0.382 e. The van der Waals surface area contributed by atoms with E-state index < -0.39 is 0 Å². The molecule has 1 aromatic carbocycles. The van der Waals surface area contributed by atoms with E-state index in [9.17, 15) is 4.39 Å². The Morgan fingerprint density at radius 2 is 2.18 bits per heavy atom. The molecule has 0 aromatic heterocycles. The Morgan fingerprint density at radius 1 is 1.35 bits per heavy atom. The van der Waals surface area contributed by atoms with E-state index in [1.165, 1.54) is 6.07 Å². The van der Waals surface area contributed by atoms with Gasteiger partial charge in [-0.3, -0.25) is 0 Å². The number of halogens is 1. The van der Waals surface area contributed by atoms with Gasteiger partial charge in [-0.05, 0) is 44.0 Å². The molecule has 0 spiro atoms. The van der Waals surface area contributed by atoms with Crippen LogP contribution >= 0.6 is 0 Å². The van der Waals surface area contributed by atoms with Crippen LogP contribution < -0.4 is 5.32 Å². The van der Waals surface area contributed by atoms with Gasteiger partial charge < -0.3 is 10.1 Å². The van der Waals surface area contributed by atoms with Crippen LogP contribution in [-0.4, -0.2) is 19.8 Å². The molecule has 0 radical (unpaired) electrons. The fraction of sp³-hybridized carbons (Fsp3) is 0.571. The molecule has 1 aromatic rings. The quantitative estimate of drug-likeness (QED) is 0.703. The zero-order chi connectivity index (χ0) is 12.5. The Bertz CT molecular complexity index is 317. The van der Waals surface area contributed by atoms with Gasteiger partial charge in [0, 0.05) is 19.3 Å². The van der Waals surface area contributed by atoms with Crippen LogP contribution in [0.4, 0.5) is 4.39 Å². The van der Waals surface area contributed by atoms with Crippen molar-refractivity contribution in [3.05, 3.63) is 35.6 Å². The summed E-state index contributed by atoms with van der Waals surface area (Å²) in [5.41, 5.74) is 0.998. The van der Waals surface area contributed by atoms with Gasteiger partial charge in [-0.15, -0.1) is 0 Å². The lowest BCUT2D eigenvalue weighted by Gasteiger charge is -2.19. The topological polar surface area (TPSA) is 21.3 Å². The standard InChI is InChI=1S/C14H22FNO/c1-3-9-16-14(8-10-17-4-2)12-6-5-7-13(15)11-12/h5-7,11,14,16H,3-4,8-10H2,1-2H3. The van der Waals surface area contributed by atoms with Crippen molar-refractivity contribution >= 4 is 0 Å². The highest BCUT2D eigenvalue weighted by molar-refractivity contribution is 5.20. The Hall–Kier alpha value is -0.930. The van der Waals surface area contributed by atoms with Crippen LogP contribution in [0.15, 0.2) is 24.3 Å². The largest absolute Gasteiger partial charge is 0.382 e. The van der Waals surface area contributed by atoms with E-state index in [1.807, 2.05) is 13.0 Å². The Balaban J connectivity index is 2.60. The summed E-state index contributed by atoms with van der Waals surface area (Å²) < 4.78 is 18.5. The summed E-state index contributed by atoms with van der Waals surface area (Å²) in [6.07, 6.45) is 1.94. The number of hydrogen-bond donors (Lipinski definition) is 1. The third-order valence-corrected chi connectivity index (χ3v) is 2.65. The van der Waals surface area contributed by atoms with Crippen molar-refractivity contribution < 1.29 is 9.13 Å². The first-order valence-electron chi connectivity index (χ1n) is 6.34. The molecule has 1 unspecified atom stereocenters. The van der Waals surface area contributed by atoms with Gasteiger partial charge in [-0.25, -0.2) is 4.39 Å². The molecule has 0 bridgehead atoms. The van der Waals surface area contributed by atoms with E-state index in [-0.39, 0.29) is 11.9 Å². The van der Waals surface area contributed by atoms with Gasteiger partial charge in [0.15, 0.2) is 0 Å². The van der Waals surface area contributed by atoms with Crippen LogP contribution in [0.1, 0.15) is 38.3 Å². The second-order valence-electron chi connectivity index (χ2n) is 4.05. The monoisotopic (exact) mass is 239 g/mol. The molecule has 0 amide bonds. The minimum absolute atomic E-state index is 0.178. The maximum atomic E-state index is 13.2. The first-order valence-corrected chi connectivity index (χ1v) is 6.34. The summed E-state index contributed by atoms with van der Waals surface area (Å²) in [5.74, 6) is -0.179. The summed E-state index contributed by atoms with van der Waals surface area (Å²) in [4.78, 5) is 0. The molecule has 3 heteroatoms. The van der Waals surface area contributed by atoms with Crippen molar-refractivity contribution in [1.82, 2.24) is 5.32 Å². The van der Waals surface area contributed by atoms with Crippen molar-refractivity contribution in [2.45, 2.75) is 32.7 Å². The highest BCUT2D eigenvalue weighted by Gasteiger charge is 2.10. The van der Waals surface area contributed by atoms with Crippen molar-refractivity contribution in [1.29, 1.82) is 0 Å². The Labute approximate surface area is 103 Å². The molecular weight excluding hydrogens is 217 g/mol. The van der Waals surface area contributed by atoms with Gasteiger partial charge in [0.1, 0.15) is 5.82 Å². The fourth-order valence-corrected chi connectivity index (χ4v) is 1.77. The summed E-state index contributed by atoms with van der Waals surface area (Å²) in [7, 11) is 0. The van der Waals surface area contributed by atoms with Crippen molar-refractivity contribution in [3.63, 3.8) is 0 Å². The molecule has 2 nitrogen and oxygen atoms in total. The normalized spacial score (nSPS) is 12.6. The minimum atomic E-state index is -0.179. The fourth-order valence-electron chi connectivity index (χ4n) is 1.77. The lowest BCUT2D eigenvalue weighted by molar-refractivity contribution is 0.136. The predicted molar refractivity (Wildman–Crippen MR) is 68.5 cm³/mol. The summed E-state index contributed by atoms with van der Waals surface area (Å²) in [6.45, 7) is 6.47. The Kier molecular flexibility index (Phi) is 6.82. The average Bonchev–Trinajstić information content (AvgIpc) is 2.33.